The number of anilines is 1. The second-order valence-corrected chi connectivity index (χ2v) is 6.41. The highest BCUT2D eigenvalue weighted by molar-refractivity contribution is 6.33. The van der Waals surface area contributed by atoms with E-state index in [-0.39, 0.29) is 6.61 Å². The Balaban J connectivity index is 1.82. The van der Waals surface area contributed by atoms with Crippen molar-refractivity contribution in [2.75, 3.05) is 31.7 Å². The van der Waals surface area contributed by atoms with E-state index in [1.54, 1.807) is 19.1 Å². The lowest BCUT2D eigenvalue weighted by Crippen LogP contribution is -2.45. The molecular formula is C19H20ClNO5. The summed E-state index contributed by atoms with van der Waals surface area (Å²) < 4.78 is 17.6. The van der Waals surface area contributed by atoms with Crippen LogP contribution in [0.4, 0.5) is 10.5 Å². The first-order chi connectivity index (χ1) is 12.5. The van der Waals surface area contributed by atoms with Gasteiger partial charge in [0.2, 0.25) is 0 Å². The van der Waals surface area contributed by atoms with E-state index in [1.165, 1.54) is 0 Å². The van der Waals surface area contributed by atoms with Crippen molar-refractivity contribution in [2.45, 2.75) is 12.5 Å². The van der Waals surface area contributed by atoms with E-state index >= 15 is 0 Å². The maximum Gasteiger partial charge on any atom is 0.409 e. The average molecular weight is 378 g/mol. The molecule has 26 heavy (non-hydrogen) atoms. The van der Waals surface area contributed by atoms with Gasteiger partial charge in [0.1, 0.15) is 12.4 Å². The van der Waals surface area contributed by atoms with Crippen molar-refractivity contribution in [1.29, 1.82) is 0 Å². The fraction of sp³-hybridized carbons (Fsp3) is 0.316. The molecule has 7 heteroatoms. The van der Waals surface area contributed by atoms with Crippen LogP contribution in [0.5, 0.6) is 5.75 Å². The van der Waals surface area contributed by atoms with Gasteiger partial charge in [-0.1, -0.05) is 41.9 Å². The summed E-state index contributed by atoms with van der Waals surface area (Å²) in [5.41, 5.74) is 1.28. The summed E-state index contributed by atoms with van der Waals surface area (Å²) in [6.07, 6.45) is -1.14. The molecule has 6 nitrogen and oxygen atoms in total. The van der Waals surface area contributed by atoms with Gasteiger partial charge in [0.25, 0.3) is 0 Å². The smallest absolute Gasteiger partial charge is 0.409 e. The van der Waals surface area contributed by atoms with Crippen LogP contribution in [-0.2, 0) is 15.1 Å². The minimum atomic E-state index is -1.14. The van der Waals surface area contributed by atoms with Gasteiger partial charge >= 0.3 is 6.09 Å². The number of ether oxygens (including phenoxy) is 3. The molecule has 1 unspecified atom stereocenters. The van der Waals surface area contributed by atoms with Gasteiger partial charge in [-0.3, -0.25) is 5.32 Å². The Labute approximate surface area is 156 Å². The number of hydrogen-bond acceptors (Lipinski definition) is 4. The summed E-state index contributed by atoms with van der Waals surface area (Å²) >= 11 is 6.36. The van der Waals surface area contributed by atoms with Gasteiger partial charge in [-0.2, -0.15) is 0 Å². The van der Waals surface area contributed by atoms with Crippen molar-refractivity contribution in [3.63, 3.8) is 0 Å². The molecule has 0 spiro atoms. The Hall–Kier alpha value is -2.28. The molecular weight excluding hydrogens is 358 g/mol. The van der Waals surface area contributed by atoms with Crippen LogP contribution >= 0.6 is 11.6 Å². The van der Waals surface area contributed by atoms with E-state index in [0.29, 0.717) is 41.8 Å². The first kappa shape index (κ1) is 18.5. The van der Waals surface area contributed by atoms with Crippen LogP contribution in [0.1, 0.15) is 11.1 Å². The molecule has 1 aliphatic rings. The van der Waals surface area contributed by atoms with E-state index in [4.69, 9.17) is 30.9 Å². The molecule has 0 saturated carbocycles. The molecule has 0 aromatic heterocycles. The molecule has 2 aromatic carbocycles. The van der Waals surface area contributed by atoms with Crippen LogP contribution in [0.25, 0.3) is 0 Å². The topological polar surface area (TPSA) is 77.0 Å². The lowest BCUT2D eigenvalue weighted by atomic mass is 9.94. The van der Waals surface area contributed by atoms with Gasteiger partial charge in [-0.15, -0.1) is 0 Å². The summed E-state index contributed by atoms with van der Waals surface area (Å²) in [4.78, 5) is 10.8. The second kappa shape index (κ2) is 7.95. The highest BCUT2D eigenvalue weighted by Gasteiger charge is 2.37. The molecule has 0 radical (unpaired) electrons. The van der Waals surface area contributed by atoms with Gasteiger partial charge in [0, 0.05) is 5.69 Å². The first-order valence-electron chi connectivity index (χ1n) is 8.21. The lowest BCUT2D eigenvalue weighted by Gasteiger charge is -2.37. The van der Waals surface area contributed by atoms with Crippen molar-refractivity contribution in [2.24, 2.45) is 0 Å². The lowest BCUT2D eigenvalue weighted by molar-refractivity contribution is -0.177. The van der Waals surface area contributed by atoms with Crippen LogP contribution in [0, 0.1) is 6.92 Å². The minimum Gasteiger partial charge on any atom is -0.489 e. The minimum absolute atomic E-state index is 0.224. The fourth-order valence-electron chi connectivity index (χ4n) is 2.87. The molecule has 3 rings (SSSR count). The normalized spacial score (nSPS) is 19.8. The summed E-state index contributed by atoms with van der Waals surface area (Å²) in [7, 11) is 0. The zero-order valence-electron chi connectivity index (χ0n) is 14.3. The molecule has 1 amide bonds. The third kappa shape index (κ3) is 3.93. The summed E-state index contributed by atoms with van der Waals surface area (Å²) in [5.74, 6) is 0.463. The van der Waals surface area contributed by atoms with Gasteiger partial charge in [-0.05, 0) is 30.2 Å². The summed E-state index contributed by atoms with van der Waals surface area (Å²) in [5, 5.41) is 11.5. The molecule has 138 valence electrons. The largest absolute Gasteiger partial charge is 0.489 e. The molecule has 1 fully saturated rings. The van der Waals surface area contributed by atoms with E-state index in [9.17, 15) is 4.79 Å². The van der Waals surface area contributed by atoms with E-state index < -0.39 is 11.7 Å². The van der Waals surface area contributed by atoms with Gasteiger partial charge in [-0.25, -0.2) is 4.79 Å². The van der Waals surface area contributed by atoms with E-state index in [2.05, 4.69) is 5.32 Å². The summed E-state index contributed by atoms with van der Waals surface area (Å²) in [6.45, 7) is 3.36. The standard InChI is InChI=1S/C19H20ClNO5/c1-13-15(21-18(22)23)7-8-16(17(13)20)25-12-19(11-24-9-10-26-19)14-5-3-2-4-6-14/h2-8,21H,9-12H2,1H3,(H,22,23). The van der Waals surface area contributed by atoms with Crippen LogP contribution < -0.4 is 10.1 Å². The van der Waals surface area contributed by atoms with Crippen molar-refractivity contribution in [3.05, 3.63) is 58.6 Å². The Morgan fingerprint density at radius 3 is 2.69 bits per heavy atom. The number of carboxylic acid groups (broad SMARTS) is 1. The monoisotopic (exact) mass is 377 g/mol. The zero-order valence-corrected chi connectivity index (χ0v) is 15.1. The molecule has 1 atom stereocenters. The van der Waals surface area contributed by atoms with Gasteiger partial charge in [0.15, 0.2) is 5.60 Å². The van der Waals surface area contributed by atoms with E-state index in [0.717, 1.165) is 5.56 Å². The van der Waals surface area contributed by atoms with Crippen LogP contribution in [0.3, 0.4) is 0 Å². The SMILES string of the molecule is Cc1c(NC(=O)O)ccc(OCC2(c3ccccc3)COCCO2)c1Cl. The third-order valence-corrected chi connectivity index (χ3v) is 4.76. The number of carbonyl (C=O) groups is 1. The van der Waals surface area contributed by atoms with Gasteiger partial charge < -0.3 is 19.3 Å². The molecule has 1 aliphatic heterocycles. The highest BCUT2D eigenvalue weighted by atomic mass is 35.5. The number of hydrogen-bond donors (Lipinski definition) is 2. The van der Waals surface area contributed by atoms with Crippen molar-refractivity contribution in [3.8, 4) is 5.75 Å². The molecule has 2 N–H and O–H groups in total. The molecule has 2 aromatic rings. The third-order valence-electron chi connectivity index (χ3n) is 4.29. The van der Waals surface area contributed by atoms with Crippen molar-refractivity contribution < 1.29 is 24.1 Å². The van der Waals surface area contributed by atoms with Crippen molar-refractivity contribution >= 4 is 23.4 Å². The Bertz CT molecular complexity index is 775. The van der Waals surface area contributed by atoms with Crippen LogP contribution in [-0.4, -0.2) is 37.6 Å². The molecule has 1 saturated heterocycles. The predicted molar refractivity (Wildman–Crippen MR) is 98.2 cm³/mol. The van der Waals surface area contributed by atoms with Crippen LogP contribution in [0.15, 0.2) is 42.5 Å². The predicted octanol–water partition coefficient (Wildman–Crippen LogP) is 4.06. The Kier molecular flexibility index (Phi) is 5.66. The number of amides is 1. The molecule has 0 bridgehead atoms. The second-order valence-electron chi connectivity index (χ2n) is 6.03. The maximum atomic E-state index is 10.8. The quantitative estimate of drug-likeness (QED) is 0.821. The van der Waals surface area contributed by atoms with Crippen molar-refractivity contribution in [1.82, 2.24) is 0 Å². The summed E-state index contributed by atoms with van der Waals surface area (Å²) in [6, 6.07) is 13.0. The fourth-order valence-corrected chi connectivity index (χ4v) is 3.09. The number of benzene rings is 2. The van der Waals surface area contributed by atoms with E-state index in [1.807, 2.05) is 30.3 Å². The number of nitrogens with one attached hydrogen (secondary N) is 1. The highest BCUT2D eigenvalue weighted by Crippen LogP contribution is 2.35. The van der Waals surface area contributed by atoms with Crippen LogP contribution in [0.2, 0.25) is 5.02 Å². The Morgan fingerprint density at radius 1 is 1.27 bits per heavy atom. The number of halogens is 1. The zero-order chi connectivity index (χ0) is 18.6. The number of rotatable bonds is 5. The maximum absolute atomic E-state index is 10.8. The first-order valence-corrected chi connectivity index (χ1v) is 8.59. The Morgan fingerprint density at radius 2 is 2.04 bits per heavy atom. The molecule has 0 aliphatic carbocycles. The average Bonchev–Trinajstić information content (AvgIpc) is 2.66. The molecule has 1 heterocycles. The van der Waals surface area contributed by atoms with Gasteiger partial charge in [0.05, 0.1) is 24.8 Å².